The summed E-state index contributed by atoms with van der Waals surface area (Å²) in [6.07, 6.45) is -3.12. The largest absolute Gasteiger partial charge is 0.497 e. The molecule has 6 nitrogen and oxygen atoms in total. The highest BCUT2D eigenvalue weighted by molar-refractivity contribution is 5.79. The molecule has 0 bridgehead atoms. The van der Waals surface area contributed by atoms with Crippen LogP contribution in [0.3, 0.4) is 0 Å². The van der Waals surface area contributed by atoms with Crippen molar-refractivity contribution in [3.8, 4) is 5.75 Å². The lowest BCUT2D eigenvalue weighted by molar-refractivity contribution is -0.137. The van der Waals surface area contributed by atoms with Crippen LogP contribution in [0.15, 0.2) is 47.6 Å². The molecule has 1 aromatic carbocycles. The first-order chi connectivity index (χ1) is 13.4. The summed E-state index contributed by atoms with van der Waals surface area (Å²) in [5.41, 5.74) is 0.231. The number of alkyl halides is 3. The molecule has 9 heteroatoms. The number of anilines is 1. The van der Waals surface area contributed by atoms with Crippen molar-refractivity contribution in [3.63, 3.8) is 0 Å². The molecular formula is C19H24F3N5O. The minimum absolute atomic E-state index is 0.183. The molecule has 0 aliphatic heterocycles. The van der Waals surface area contributed by atoms with Crippen LogP contribution in [0, 0.1) is 0 Å². The van der Waals surface area contributed by atoms with Crippen LogP contribution < -0.4 is 20.7 Å². The van der Waals surface area contributed by atoms with Crippen LogP contribution in [0.5, 0.6) is 5.75 Å². The first kappa shape index (κ1) is 21.3. The van der Waals surface area contributed by atoms with E-state index in [4.69, 9.17) is 4.74 Å². The number of nitrogens with one attached hydrogen (secondary N) is 3. The molecule has 2 rings (SSSR count). The molecule has 0 aliphatic rings. The van der Waals surface area contributed by atoms with Gasteiger partial charge in [0.15, 0.2) is 5.96 Å². The van der Waals surface area contributed by atoms with E-state index in [9.17, 15) is 13.2 Å². The maximum Gasteiger partial charge on any atom is 0.419 e. The standard InChI is InChI=1S/C19H24F3N5O/c1-3-23-18(27-13-14-6-8-15(28-2)9-7-14)26-12-11-25-17-16(19(20,21)22)5-4-10-24-17/h4-10H,3,11-13H2,1-2H3,(H,24,25)(H2,23,26,27). The average Bonchev–Trinajstić information content (AvgIpc) is 2.69. The number of hydrogen-bond donors (Lipinski definition) is 3. The van der Waals surface area contributed by atoms with Crippen molar-refractivity contribution >= 4 is 11.8 Å². The van der Waals surface area contributed by atoms with E-state index in [1.807, 2.05) is 31.2 Å². The normalized spacial score (nSPS) is 11.8. The number of hydrogen-bond acceptors (Lipinski definition) is 4. The number of halogens is 3. The molecule has 0 amide bonds. The number of rotatable bonds is 8. The number of guanidine groups is 1. The third-order valence-electron chi connectivity index (χ3n) is 3.75. The van der Waals surface area contributed by atoms with Crippen molar-refractivity contribution in [2.45, 2.75) is 19.6 Å². The predicted molar refractivity (Wildman–Crippen MR) is 104 cm³/mol. The summed E-state index contributed by atoms with van der Waals surface area (Å²) in [6.45, 7) is 3.70. The zero-order chi connectivity index (χ0) is 20.4. The Morgan fingerprint density at radius 3 is 2.50 bits per heavy atom. The van der Waals surface area contributed by atoms with Gasteiger partial charge in [0.1, 0.15) is 11.6 Å². The molecule has 0 spiro atoms. The number of ether oxygens (including phenoxy) is 1. The molecule has 0 atom stereocenters. The van der Waals surface area contributed by atoms with Crippen LogP contribution >= 0.6 is 0 Å². The van der Waals surface area contributed by atoms with Gasteiger partial charge in [0.2, 0.25) is 0 Å². The lowest BCUT2D eigenvalue weighted by Gasteiger charge is -2.15. The van der Waals surface area contributed by atoms with Gasteiger partial charge in [-0.2, -0.15) is 13.2 Å². The van der Waals surface area contributed by atoms with E-state index in [0.29, 0.717) is 25.6 Å². The lowest BCUT2D eigenvalue weighted by atomic mass is 10.2. The first-order valence-corrected chi connectivity index (χ1v) is 8.85. The van der Waals surface area contributed by atoms with Gasteiger partial charge in [-0.1, -0.05) is 12.1 Å². The topological polar surface area (TPSA) is 70.6 Å². The molecule has 0 saturated carbocycles. The van der Waals surface area contributed by atoms with Gasteiger partial charge < -0.3 is 20.7 Å². The molecule has 0 unspecified atom stereocenters. The van der Waals surface area contributed by atoms with Gasteiger partial charge in [-0.05, 0) is 36.8 Å². The van der Waals surface area contributed by atoms with E-state index >= 15 is 0 Å². The second-order valence-electron chi connectivity index (χ2n) is 5.79. The Bertz CT molecular complexity index is 763. The van der Waals surface area contributed by atoms with Crippen LogP contribution in [-0.2, 0) is 12.7 Å². The number of aliphatic imine (C=N–C) groups is 1. The molecule has 0 aliphatic carbocycles. The maximum absolute atomic E-state index is 13.0. The summed E-state index contributed by atoms with van der Waals surface area (Å²) in [5.74, 6) is 1.17. The van der Waals surface area contributed by atoms with Gasteiger partial charge in [-0.15, -0.1) is 0 Å². The molecule has 1 aromatic heterocycles. The number of benzene rings is 1. The summed E-state index contributed by atoms with van der Waals surface area (Å²) in [4.78, 5) is 8.24. The van der Waals surface area contributed by atoms with Crippen LogP contribution in [-0.4, -0.2) is 37.7 Å². The van der Waals surface area contributed by atoms with Gasteiger partial charge in [0, 0.05) is 25.8 Å². The van der Waals surface area contributed by atoms with Crippen molar-refractivity contribution in [3.05, 3.63) is 53.7 Å². The summed E-state index contributed by atoms with van der Waals surface area (Å²) in [6, 6.07) is 9.84. The second-order valence-corrected chi connectivity index (χ2v) is 5.79. The molecule has 3 N–H and O–H groups in total. The lowest BCUT2D eigenvalue weighted by Crippen LogP contribution is -2.39. The van der Waals surface area contributed by atoms with Crippen LogP contribution in [0.4, 0.5) is 19.0 Å². The zero-order valence-electron chi connectivity index (χ0n) is 15.8. The van der Waals surface area contributed by atoms with Crippen molar-refractivity contribution < 1.29 is 17.9 Å². The third-order valence-corrected chi connectivity index (χ3v) is 3.75. The fourth-order valence-electron chi connectivity index (χ4n) is 2.38. The SMILES string of the molecule is CCNC(=NCc1ccc(OC)cc1)NCCNc1ncccc1C(F)(F)F. The Morgan fingerprint density at radius 2 is 1.86 bits per heavy atom. The second kappa shape index (κ2) is 10.4. The number of nitrogens with zero attached hydrogens (tertiary/aromatic N) is 2. The average molecular weight is 395 g/mol. The predicted octanol–water partition coefficient (Wildman–Crippen LogP) is 3.28. The highest BCUT2D eigenvalue weighted by atomic mass is 19.4. The molecule has 0 fully saturated rings. The summed E-state index contributed by atoms with van der Waals surface area (Å²) in [5, 5.41) is 8.90. The molecular weight excluding hydrogens is 371 g/mol. The van der Waals surface area contributed by atoms with Crippen molar-refractivity contribution in [2.75, 3.05) is 32.1 Å². The quantitative estimate of drug-likeness (QED) is 0.364. The molecule has 152 valence electrons. The van der Waals surface area contributed by atoms with E-state index in [0.717, 1.165) is 17.4 Å². The number of aromatic nitrogens is 1. The molecule has 0 radical (unpaired) electrons. The number of methoxy groups -OCH3 is 1. The minimum atomic E-state index is -4.45. The van der Waals surface area contributed by atoms with Crippen molar-refractivity contribution in [1.29, 1.82) is 0 Å². The van der Waals surface area contributed by atoms with Gasteiger partial charge in [-0.25, -0.2) is 9.98 Å². The van der Waals surface area contributed by atoms with E-state index in [1.54, 1.807) is 7.11 Å². The Hall–Kier alpha value is -2.97. The fourth-order valence-corrected chi connectivity index (χ4v) is 2.38. The number of pyridine rings is 1. The summed E-state index contributed by atoms with van der Waals surface area (Å²) >= 11 is 0. The van der Waals surface area contributed by atoms with E-state index in [-0.39, 0.29) is 12.4 Å². The molecule has 28 heavy (non-hydrogen) atoms. The van der Waals surface area contributed by atoms with Gasteiger partial charge >= 0.3 is 6.18 Å². The Balaban J connectivity index is 1.88. The smallest absolute Gasteiger partial charge is 0.419 e. The van der Waals surface area contributed by atoms with Crippen LogP contribution in [0.1, 0.15) is 18.1 Å². The monoisotopic (exact) mass is 395 g/mol. The highest BCUT2D eigenvalue weighted by Crippen LogP contribution is 2.33. The molecule has 0 saturated heterocycles. The minimum Gasteiger partial charge on any atom is -0.497 e. The Morgan fingerprint density at radius 1 is 1.11 bits per heavy atom. The van der Waals surface area contributed by atoms with Crippen molar-refractivity contribution in [2.24, 2.45) is 4.99 Å². The van der Waals surface area contributed by atoms with Crippen molar-refractivity contribution in [1.82, 2.24) is 15.6 Å². The summed E-state index contributed by atoms with van der Waals surface area (Å²) in [7, 11) is 1.61. The maximum atomic E-state index is 13.0. The Labute approximate surface area is 162 Å². The highest BCUT2D eigenvalue weighted by Gasteiger charge is 2.33. The van der Waals surface area contributed by atoms with Gasteiger partial charge in [0.05, 0.1) is 19.2 Å². The van der Waals surface area contributed by atoms with E-state index < -0.39 is 11.7 Å². The third kappa shape index (κ3) is 6.64. The molecule has 2 aromatic rings. The van der Waals surface area contributed by atoms with Gasteiger partial charge in [0.25, 0.3) is 0 Å². The van der Waals surface area contributed by atoms with E-state index in [2.05, 4.69) is 25.9 Å². The van der Waals surface area contributed by atoms with Gasteiger partial charge in [-0.3, -0.25) is 0 Å². The first-order valence-electron chi connectivity index (χ1n) is 8.85. The van der Waals surface area contributed by atoms with E-state index in [1.165, 1.54) is 12.3 Å². The molecule has 1 heterocycles. The fraction of sp³-hybridized carbons (Fsp3) is 0.368. The zero-order valence-corrected chi connectivity index (χ0v) is 15.8. The Kier molecular flexibility index (Phi) is 7.91. The van der Waals surface area contributed by atoms with Crippen LogP contribution in [0.25, 0.3) is 0 Å². The summed E-state index contributed by atoms with van der Waals surface area (Å²) < 4.78 is 44.0. The van der Waals surface area contributed by atoms with Crippen LogP contribution in [0.2, 0.25) is 0 Å².